The van der Waals surface area contributed by atoms with E-state index in [0.29, 0.717) is 12.0 Å². The maximum atomic E-state index is 6.05. The first-order valence-electron chi connectivity index (χ1n) is 8.09. The Labute approximate surface area is 122 Å². The molecule has 0 aliphatic heterocycles. The molecule has 0 saturated heterocycles. The van der Waals surface area contributed by atoms with Gasteiger partial charge < -0.3 is 10.3 Å². The summed E-state index contributed by atoms with van der Waals surface area (Å²) >= 11 is 0. The summed E-state index contributed by atoms with van der Waals surface area (Å²) in [4.78, 5) is 0. The maximum Gasteiger partial charge on any atom is 0.0482 e. The average molecular weight is 270 g/mol. The van der Waals surface area contributed by atoms with E-state index in [1.54, 1.807) is 0 Å². The van der Waals surface area contributed by atoms with Gasteiger partial charge in [0.15, 0.2) is 0 Å². The summed E-state index contributed by atoms with van der Waals surface area (Å²) in [5, 5.41) is 1.35. The third-order valence-electron chi connectivity index (χ3n) is 5.05. The van der Waals surface area contributed by atoms with E-state index in [4.69, 9.17) is 5.73 Å². The molecule has 0 radical (unpaired) electrons. The Kier molecular flexibility index (Phi) is 4.11. The molecule has 2 N–H and O–H groups in total. The van der Waals surface area contributed by atoms with Gasteiger partial charge >= 0.3 is 0 Å². The van der Waals surface area contributed by atoms with Crippen LogP contribution in [0.5, 0.6) is 0 Å². The summed E-state index contributed by atoms with van der Waals surface area (Å²) < 4.78 is 2.49. The molecule has 1 aromatic heterocycles. The van der Waals surface area contributed by atoms with Crippen LogP contribution in [0, 0.1) is 11.8 Å². The highest BCUT2D eigenvalue weighted by atomic mass is 15.0. The molecule has 1 aliphatic rings. The zero-order chi connectivity index (χ0) is 13.9. The molecule has 2 nitrogen and oxygen atoms in total. The van der Waals surface area contributed by atoms with Crippen molar-refractivity contribution in [3.63, 3.8) is 0 Å². The van der Waals surface area contributed by atoms with Crippen LogP contribution >= 0.6 is 0 Å². The third-order valence-corrected chi connectivity index (χ3v) is 5.05. The number of rotatable bonds is 4. The van der Waals surface area contributed by atoms with E-state index in [9.17, 15) is 0 Å². The molecule has 20 heavy (non-hydrogen) atoms. The molecular formula is C18H26N2. The zero-order valence-corrected chi connectivity index (χ0v) is 12.5. The van der Waals surface area contributed by atoms with E-state index in [1.807, 2.05) is 0 Å². The Balaban J connectivity index is 1.92. The minimum Gasteiger partial charge on any atom is -0.344 e. The number of fused-ring (bicyclic) bond motifs is 1. The minimum atomic E-state index is 0.588. The van der Waals surface area contributed by atoms with Crippen molar-refractivity contribution in [2.24, 2.45) is 17.6 Å². The molecule has 2 heteroatoms. The number of nitrogens with two attached hydrogens (primary N) is 1. The van der Waals surface area contributed by atoms with Gasteiger partial charge in [0.25, 0.3) is 0 Å². The lowest BCUT2D eigenvalue weighted by molar-refractivity contribution is 0.184. The lowest BCUT2D eigenvalue weighted by Gasteiger charge is -2.37. The average Bonchev–Trinajstić information content (AvgIpc) is 2.91. The highest BCUT2D eigenvalue weighted by molar-refractivity contribution is 5.80. The Morgan fingerprint density at radius 3 is 2.85 bits per heavy atom. The van der Waals surface area contributed by atoms with Gasteiger partial charge in [0, 0.05) is 17.8 Å². The van der Waals surface area contributed by atoms with E-state index in [2.05, 4.69) is 48.0 Å². The molecule has 0 amide bonds. The van der Waals surface area contributed by atoms with Crippen LogP contribution in [0.25, 0.3) is 10.9 Å². The first-order valence-corrected chi connectivity index (χ1v) is 8.09. The van der Waals surface area contributed by atoms with E-state index in [1.165, 1.54) is 43.0 Å². The van der Waals surface area contributed by atoms with Gasteiger partial charge in [-0.3, -0.25) is 0 Å². The fourth-order valence-corrected chi connectivity index (χ4v) is 3.97. The molecule has 1 heterocycles. The molecule has 3 atom stereocenters. The lowest BCUT2D eigenvalue weighted by Crippen LogP contribution is -2.32. The van der Waals surface area contributed by atoms with Crippen molar-refractivity contribution in [1.29, 1.82) is 0 Å². The Hall–Kier alpha value is -1.28. The van der Waals surface area contributed by atoms with Crippen molar-refractivity contribution in [2.75, 3.05) is 6.54 Å². The summed E-state index contributed by atoms with van der Waals surface area (Å²) in [6.45, 7) is 3.12. The first-order chi connectivity index (χ1) is 9.83. The smallest absolute Gasteiger partial charge is 0.0482 e. The van der Waals surface area contributed by atoms with E-state index in [0.717, 1.165) is 12.5 Å². The summed E-state index contributed by atoms with van der Waals surface area (Å²) in [6.07, 6.45) is 8.90. The van der Waals surface area contributed by atoms with Gasteiger partial charge in [-0.1, -0.05) is 38.0 Å². The normalized spacial score (nSPS) is 27.0. The number of hydrogen-bond acceptors (Lipinski definition) is 1. The van der Waals surface area contributed by atoms with Crippen LogP contribution in [0.15, 0.2) is 36.5 Å². The molecule has 2 aromatic rings. The Morgan fingerprint density at radius 1 is 1.20 bits per heavy atom. The third kappa shape index (κ3) is 2.49. The molecule has 108 valence electrons. The van der Waals surface area contributed by atoms with Gasteiger partial charge in [-0.05, 0) is 55.2 Å². The minimum absolute atomic E-state index is 0.588. The van der Waals surface area contributed by atoms with Gasteiger partial charge in [-0.15, -0.1) is 0 Å². The fraction of sp³-hybridized carbons (Fsp3) is 0.556. The Bertz CT molecular complexity index is 557. The van der Waals surface area contributed by atoms with Crippen molar-refractivity contribution in [3.8, 4) is 0 Å². The van der Waals surface area contributed by atoms with Crippen LogP contribution in [-0.4, -0.2) is 11.1 Å². The monoisotopic (exact) mass is 270 g/mol. The van der Waals surface area contributed by atoms with Gasteiger partial charge in [0.2, 0.25) is 0 Å². The second-order valence-corrected chi connectivity index (χ2v) is 6.31. The van der Waals surface area contributed by atoms with Gasteiger partial charge in [0.05, 0.1) is 0 Å². The predicted molar refractivity (Wildman–Crippen MR) is 85.8 cm³/mol. The Morgan fingerprint density at radius 2 is 2.05 bits per heavy atom. The molecular weight excluding hydrogens is 244 g/mol. The van der Waals surface area contributed by atoms with Crippen molar-refractivity contribution in [1.82, 2.24) is 4.57 Å². The molecule has 0 bridgehead atoms. The van der Waals surface area contributed by atoms with Crippen LogP contribution in [-0.2, 0) is 0 Å². The number of nitrogens with zero attached hydrogens (tertiary/aromatic N) is 1. The van der Waals surface area contributed by atoms with Crippen molar-refractivity contribution >= 4 is 10.9 Å². The van der Waals surface area contributed by atoms with E-state index in [-0.39, 0.29) is 0 Å². The molecule has 1 fully saturated rings. The van der Waals surface area contributed by atoms with Crippen molar-refractivity contribution < 1.29 is 0 Å². The second kappa shape index (κ2) is 6.01. The molecule has 3 unspecified atom stereocenters. The van der Waals surface area contributed by atoms with Gasteiger partial charge in [-0.25, -0.2) is 0 Å². The number of hydrogen-bond donors (Lipinski definition) is 1. The standard InChI is InChI=1S/C18H26N2/c1-2-5-14-8-9-16(13-19)18(12-14)20-11-10-15-6-3-4-7-17(15)20/h3-4,6-7,10-11,14,16,18H,2,5,8-9,12-13,19H2,1H3. The summed E-state index contributed by atoms with van der Waals surface area (Å²) in [5.74, 6) is 1.52. The highest BCUT2D eigenvalue weighted by Gasteiger charge is 2.30. The van der Waals surface area contributed by atoms with Crippen LogP contribution in [0.2, 0.25) is 0 Å². The zero-order valence-electron chi connectivity index (χ0n) is 12.5. The molecule has 0 spiro atoms. The summed E-state index contributed by atoms with van der Waals surface area (Å²) in [6, 6.07) is 11.5. The molecule has 1 saturated carbocycles. The molecule has 3 rings (SSSR count). The van der Waals surface area contributed by atoms with E-state index < -0.39 is 0 Å². The predicted octanol–water partition coefficient (Wildman–Crippen LogP) is 4.36. The first kappa shape index (κ1) is 13.7. The molecule has 1 aromatic carbocycles. The second-order valence-electron chi connectivity index (χ2n) is 6.31. The molecule has 1 aliphatic carbocycles. The fourth-order valence-electron chi connectivity index (χ4n) is 3.97. The summed E-state index contributed by atoms with van der Waals surface area (Å²) in [7, 11) is 0. The van der Waals surface area contributed by atoms with Gasteiger partial charge in [0.1, 0.15) is 0 Å². The SMILES string of the molecule is CCCC1CCC(CN)C(n2ccc3ccccc32)C1. The van der Waals surface area contributed by atoms with Crippen LogP contribution in [0.4, 0.5) is 0 Å². The van der Waals surface area contributed by atoms with Crippen LogP contribution < -0.4 is 5.73 Å². The van der Waals surface area contributed by atoms with Crippen molar-refractivity contribution in [3.05, 3.63) is 36.5 Å². The quantitative estimate of drug-likeness (QED) is 0.879. The maximum absolute atomic E-state index is 6.05. The van der Waals surface area contributed by atoms with E-state index >= 15 is 0 Å². The summed E-state index contributed by atoms with van der Waals surface area (Å²) in [5.41, 5.74) is 7.42. The number of aromatic nitrogens is 1. The van der Waals surface area contributed by atoms with Crippen LogP contribution in [0.1, 0.15) is 45.1 Å². The number of para-hydroxylation sites is 1. The number of benzene rings is 1. The largest absolute Gasteiger partial charge is 0.344 e. The lowest BCUT2D eigenvalue weighted by atomic mass is 9.76. The van der Waals surface area contributed by atoms with Crippen LogP contribution in [0.3, 0.4) is 0 Å². The highest BCUT2D eigenvalue weighted by Crippen LogP contribution is 2.40. The van der Waals surface area contributed by atoms with Gasteiger partial charge in [-0.2, -0.15) is 0 Å². The van der Waals surface area contributed by atoms with Crippen molar-refractivity contribution in [2.45, 2.75) is 45.1 Å². The topological polar surface area (TPSA) is 30.9 Å².